The Balaban J connectivity index is 1.65. The average molecular weight is 263 g/mol. The van der Waals surface area contributed by atoms with Crippen molar-refractivity contribution in [2.75, 3.05) is 20.3 Å². The van der Waals surface area contributed by atoms with Gasteiger partial charge in [0.1, 0.15) is 18.1 Å². The lowest BCUT2D eigenvalue weighted by atomic mass is 10.1. The molecule has 2 rings (SSSR count). The molecule has 0 amide bonds. The summed E-state index contributed by atoms with van der Waals surface area (Å²) >= 11 is 0. The molecule has 1 aliphatic carbocycles. The van der Waals surface area contributed by atoms with Crippen molar-refractivity contribution in [1.29, 1.82) is 0 Å². The van der Waals surface area contributed by atoms with Gasteiger partial charge in [-0.2, -0.15) is 0 Å². The van der Waals surface area contributed by atoms with Gasteiger partial charge in [-0.25, -0.2) is 0 Å². The summed E-state index contributed by atoms with van der Waals surface area (Å²) in [6.45, 7) is 1.63. The average Bonchev–Trinajstić information content (AvgIpc) is 2.72. The number of ether oxygens (including phenoxy) is 2. The normalized spacial score (nSPS) is 16.9. The number of hydrogen-bond acceptors (Lipinski definition) is 3. The van der Waals surface area contributed by atoms with Gasteiger partial charge in [-0.05, 0) is 25.0 Å². The van der Waals surface area contributed by atoms with Crippen molar-refractivity contribution in [1.82, 2.24) is 5.32 Å². The summed E-state index contributed by atoms with van der Waals surface area (Å²) in [6, 6.07) is 8.46. The molecule has 3 heteroatoms. The highest BCUT2D eigenvalue weighted by Crippen LogP contribution is 2.19. The minimum absolute atomic E-state index is 0.691. The minimum atomic E-state index is 0.691. The van der Waals surface area contributed by atoms with E-state index in [1.54, 1.807) is 7.11 Å². The first-order valence-electron chi connectivity index (χ1n) is 7.39. The van der Waals surface area contributed by atoms with Gasteiger partial charge < -0.3 is 14.8 Å². The van der Waals surface area contributed by atoms with E-state index in [2.05, 4.69) is 5.32 Å². The van der Waals surface area contributed by atoms with Gasteiger partial charge in [-0.1, -0.05) is 31.7 Å². The molecule has 0 spiro atoms. The molecule has 1 aromatic carbocycles. The van der Waals surface area contributed by atoms with Crippen LogP contribution in [0.3, 0.4) is 0 Å². The monoisotopic (exact) mass is 263 g/mol. The second-order valence-corrected chi connectivity index (χ2v) is 5.17. The van der Waals surface area contributed by atoms with Crippen LogP contribution < -0.4 is 14.8 Å². The van der Waals surface area contributed by atoms with Gasteiger partial charge in [0.15, 0.2) is 0 Å². The summed E-state index contributed by atoms with van der Waals surface area (Å²) in [5.74, 6) is 1.72. The zero-order valence-electron chi connectivity index (χ0n) is 11.9. The van der Waals surface area contributed by atoms with Gasteiger partial charge in [0.25, 0.3) is 0 Å². The minimum Gasteiger partial charge on any atom is -0.497 e. The zero-order chi connectivity index (χ0) is 13.3. The smallest absolute Gasteiger partial charge is 0.123 e. The Bertz CT molecular complexity index is 360. The van der Waals surface area contributed by atoms with E-state index in [4.69, 9.17) is 9.47 Å². The van der Waals surface area contributed by atoms with Crippen molar-refractivity contribution in [2.45, 2.75) is 44.6 Å². The Kier molecular flexibility index (Phi) is 6.02. The second-order valence-electron chi connectivity index (χ2n) is 5.17. The Hall–Kier alpha value is -1.22. The SMILES string of the molecule is COc1cccc(OCCNC2CCCCCC2)c1. The van der Waals surface area contributed by atoms with Crippen molar-refractivity contribution >= 4 is 0 Å². The van der Waals surface area contributed by atoms with E-state index in [0.717, 1.165) is 18.0 Å². The molecule has 106 valence electrons. The third-order valence-corrected chi connectivity index (χ3v) is 3.70. The number of methoxy groups -OCH3 is 1. The van der Waals surface area contributed by atoms with Crippen LogP contribution in [0.2, 0.25) is 0 Å². The first-order chi connectivity index (χ1) is 9.38. The van der Waals surface area contributed by atoms with Crippen molar-refractivity contribution in [3.05, 3.63) is 24.3 Å². The van der Waals surface area contributed by atoms with E-state index in [0.29, 0.717) is 12.6 Å². The third-order valence-electron chi connectivity index (χ3n) is 3.70. The molecule has 1 N–H and O–H groups in total. The fourth-order valence-electron chi connectivity index (χ4n) is 2.61. The molecule has 0 aromatic heterocycles. The van der Waals surface area contributed by atoms with Crippen LogP contribution >= 0.6 is 0 Å². The Morgan fingerprint density at radius 2 is 1.84 bits per heavy atom. The fourth-order valence-corrected chi connectivity index (χ4v) is 2.61. The highest BCUT2D eigenvalue weighted by atomic mass is 16.5. The summed E-state index contributed by atoms with van der Waals surface area (Å²) in [6.07, 6.45) is 8.18. The van der Waals surface area contributed by atoms with E-state index in [1.807, 2.05) is 24.3 Å². The van der Waals surface area contributed by atoms with Crippen LogP contribution in [-0.2, 0) is 0 Å². The summed E-state index contributed by atoms with van der Waals surface area (Å²) in [4.78, 5) is 0. The molecule has 1 fully saturated rings. The van der Waals surface area contributed by atoms with Gasteiger partial charge in [0, 0.05) is 18.7 Å². The number of nitrogens with one attached hydrogen (secondary N) is 1. The van der Waals surface area contributed by atoms with Crippen molar-refractivity contribution < 1.29 is 9.47 Å². The van der Waals surface area contributed by atoms with Crippen LogP contribution in [0.1, 0.15) is 38.5 Å². The van der Waals surface area contributed by atoms with Crippen molar-refractivity contribution in [2.24, 2.45) is 0 Å². The van der Waals surface area contributed by atoms with E-state index in [1.165, 1.54) is 38.5 Å². The molecule has 1 aromatic rings. The molecule has 0 bridgehead atoms. The predicted octanol–water partition coefficient (Wildman–Crippen LogP) is 3.39. The van der Waals surface area contributed by atoms with Gasteiger partial charge in [-0.15, -0.1) is 0 Å². The van der Waals surface area contributed by atoms with Crippen LogP contribution in [0, 0.1) is 0 Å². The van der Waals surface area contributed by atoms with E-state index in [-0.39, 0.29) is 0 Å². The molecular formula is C16H25NO2. The van der Waals surface area contributed by atoms with Gasteiger partial charge >= 0.3 is 0 Å². The van der Waals surface area contributed by atoms with E-state index >= 15 is 0 Å². The molecule has 1 saturated carbocycles. The van der Waals surface area contributed by atoms with Crippen LogP contribution in [0.15, 0.2) is 24.3 Å². The lowest BCUT2D eigenvalue weighted by Crippen LogP contribution is -2.32. The number of hydrogen-bond donors (Lipinski definition) is 1. The molecule has 0 aliphatic heterocycles. The highest BCUT2D eigenvalue weighted by Gasteiger charge is 2.10. The molecule has 0 heterocycles. The first-order valence-corrected chi connectivity index (χ1v) is 7.39. The van der Waals surface area contributed by atoms with Crippen molar-refractivity contribution in [3.63, 3.8) is 0 Å². The zero-order valence-corrected chi connectivity index (χ0v) is 11.9. The van der Waals surface area contributed by atoms with Crippen LogP contribution in [0.5, 0.6) is 11.5 Å². The van der Waals surface area contributed by atoms with Crippen LogP contribution in [-0.4, -0.2) is 26.3 Å². The molecule has 0 radical (unpaired) electrons. The maximum Gasteiger partial charge on any atom is 0.123 e. The first kappa shape index (κ1) is 14.2. The predicted molar refractivity (Wildman–Crippen MR) is 78.0 cm³/mol. The molecule has 3 nitrogen and oxygen atoms in total. The summed E-state index contributed by atoms with van der Waals surface area (Å²) in [7, 11) is 1.67. The number of rotatable bonds is 6. The summed E-state index contributed by atoms with van der Waals surface area (Å²) in [5, 5.41) is 3.60. The molecule has 0 atom stereocenters. The van der Waals surface area contributed by atoms with E-state index in [9.17, 15) is 0 Å². The molecule has 0 saturated heterocycles. The Morgan fingerprint density at radius 1 is 1.11 bits per heavy atom. The van der Waals surface area contributed by atoms with Crippen LogP contribution in [0.4, 0.5) is 0 Å². The third kappa shape index (κ3) is 5.11. The number of benzene rings is 1. The summed E-state index contributed by atoms with van der Waals surface area (Å²) < 4.78 is 10.9. The standard InChI is InChI=1S/C16H25NO2/c1-18-15-9-6-10-16(13-15)19-12-11-17-14-7-4-2-3-5-8-14/h6,9-10,13-14,17H,2-5,7-8,11-12H2,1H3. The lowest BCUT2D eigenvalue weighted by Gasteiger charge is -2.16. The van der Waals surface area contributed by atoms with Crippen molar-refractivity contribution in [3.8, 4) is 11.5 Å². The van der Waals surface area contributed by atoms with Gasteiger partial charge in [0.05, 0.1) is 7.11 Å². The quantitative estimate of drug-likeness (QED) is 0.630. The Labute approximate surface area is 116 Å². The Morgan fingerprint density at radius 3 is 2.58 bits per heavy atom. The highest BCUT2D eigenvalue weighted by molar-refractivity contribution is 5.32. The summed E-state index contributed by atoms with van der Waals surface area (Å²) in [5.41, 5.74) is 0. The lowest BCUT2D eigenvalue weighted by molar-refractivity contribution is 0.298. The second kappa shape index (κ2) is 8.05. The van der Waals surface area contributed by atoms with Crippen LogP contribution in [0.25, 0.3) is 0 Å². The molecular weight excluding hydrogens is 238 g/mol. The molecule has 1 aliphatic rings. The molecule has 19 heavy (non-hydrogen) atoms. The largest absolute Gasteiger partial charge is 0.497 e. The maximum atomic E-state index is 5.73. The fraction of sp³-hybridized carbons (Fsp3) is 0.625. The van der Waals surface area contributed by atoms with E-state index < -0.39 is 0 Å². The topological polar surface area (TPSA) is 30.5 Å². The van der Waals surface area contributed by atoms with Gasteiger partial charge in [0.2, 0.25) is 0 Å². The molecule has 0 unspecified atom stereocenters. The van der Waals surface area contributed by atoms with Gasteiger partial charge in [-0.3, -0.25) is 0 Å². The maximum absolute atomic E-state index is 5.73.